The quantitative estimate of drug-likeness (QED) is 0.591. The molecule has 0 saturated heterocycles. The summed E-state index contributed by atoms with van der Waals surface area (Å²) in [5.74, 6) is 0. The molecule has 0 spiro atoms. The van der Waals surface area contributed by atoms with Crippen LogP contribution in [0.1, 0.15) is 38.5 Å². The molecule has 36 valence electrons. The van der Waals surface area contributed by atoms with Crippen molar-refractivity contribution >= 4 is 0 Å². The van der Waals surface area contributed by atoms with Gasteiger partial charge in [-0.2, -0.15) is 0 Å². The van der Waals surface area contributed by atoms with Crippen LogP contribution in [-0.2, 0) is 0 Å². The van der Waals surface area contributed by atoms with Crippen LogP contribution < -0.4 is 0 Å². The van der Waals surface area contributed by atoms with Crippen molar-refractivity contribution in [1.82, 2.24) is 0 Å². The summed E-state index contributed by atoms with van der Waals surface area (Å²) in [6.07, 6.45) is 9.00. The smallest absolute Gasteiger partial charge is 0.0533 e. The Morgan fingerprint density at radius 3 is 0.714 bits per heavy atom. The van der Waals surface area contributed by atoms with Crippen LogP contribution in [0.3, 0.4) is 0 Å². The van der Waals surface area contributed by atoms with Crippen LogP contribution in [0.4, 0.5) is 0 Å². The maximum atomic E-state index is 1.50. The van der Waals surface area contributed by atoms with E-state index in [9.17, 15) is 0 Å². The average molecular weight is 223 g/mol. The molecule has 1 rings (SSSR count). The van der Waals surface area contributed by atoms with Crippen LogP contribution in [0.5, 0.6) is 0 Å². The molecular weight excluding hydrogens is 211 g/mol. The molecule has 1 aliphatic rings. The molecule has 1 aliphatic carbocycles. The molecule has 0 aromatic carbocycles. The summed E-state index contributed by atoms with van der Waals surface area (Å²) in [6, 6.07) is 0. The van der Waals surface area contributed by atoms with Gasteiger partial charge in [0.1, 0.15) is 0 Å². The summed E-state index contributed by atoms with van der Waals surface area (Å²) in [7, 11) is 0. The maximum absolute atomic E-state index is 1.50. The predicted octanol–water partition coefficient (Wildman–Crippen LogP) is 2.34. The van der Waals surface area contributed by atoms with Gasteiger partial charge in [-0.3, -0.25) is 0 Å². The second-order valence-corrected chi connectivity index (χ2v) is 2.12. The zero-order chi connectivity index (χ0) is 4.24. The van der Waals surface area contributed by atoms with Crippen molar-refractivity contribution in [3.05, 3.63) is 0 Å². The molecule has 0 aromatic rings. The van der Waals surface area contributed by atoms with Gasteiger partial charge in [0.2, 0.25) is 0 Å². The summed E-state index contributed by atoms with van der Waals surface area (Å²) in [5.41, 5.74) is 0. The molecule has 0 heterocycles. The minimum Gasteiger partial charge on any atom is -0.0533 e. The molecule has 0 aromatic heterocycles. The van der Waals surface area contributed by atoms with Gasteiger partial charge in [-0.25, -0.2) is 0 Å². The molecule has 0 aliphatic heterocycles. The molecule has 0 bridgehead atoms. The van der Waals surface area contributed by atoms with Crippen molar-refractivity contribution in [2.45, 2.75) is 38.5 Å². The number of hydrogen-bond acceptors (Lipinski definition) is 0. The van der Waals surface area contributed by atoms with Gasteiger partial charge in [0.25, 0.3) is 0 Å². The molecule has 0 atom stereocenters. The van der Waals surface area contributed by atoms with Crippen LogP contribution in [0.2, 0.25) is 0 Å². The van der Waals surface area contributed by atoms with Gasteiger partial charge in [0, 0.05) is 0 Å². The first-order chi connectivity index (χ1) is 3.00. The summed E-state index contributed by atoms with van der Waals surface area (Å²) in [5, 5.41) is 0. The summed E-state index contributed by atoms with van der Waals surface area (Å²) >= 11 is 0. The van der Waals surface area contributed by atoms with Crippen molar-refractivity contribution < 1.29 is 35.6 Å². The van der Waals surface area contributed by atoms with Gasteiger partial charge in [0.05, 0.1) is 0 Å². The Labute approximate surface area is 73.7 Å². The number of rotatable bonds is 0. The molecule has 7 heavy (non-hydrogen) atoms. The summed E-state index contributed by atoms with van der Waals surface area (Å²) in [4.78, 5) is 0. The van der Waals surface area contributed by atoms with Gasteiger partial charge in [-0.1, -0.05) is 38.5 Å². The van der Waals surface area contributed by atoms with Crippen LogP contribution in [-0.4, -0.2) is 0 Å². The van der Waals surface area contributed by atoms with Gasteiger partial charge in [-0.05, 0) is 0 Å². The number of hydrogen-bond donors (Lipinski definition) is 0. The monoisotopic (exact) mass is 223 g/mol. The Hall–Kier alpha value is 1.19. The minimum absolute atomic E-state index is 0. The maximum Gasteiger partial charge on any atom is 3.00 e. The van der Waals surface area contributed by atoms with Gasteiger partial charge in [-0.15, -0.1) is 0 Å². The molecule has 0 unspecified atom stereocenters. The van der Waals surface area contributed by atoms with E-state index in [1.54, 1.807) is 0 Å². The van der Waals surface area contributed by atoms with E-state index in [2.05, 4.69) is 0 Å². The fourth-order valence-electron chi connectivity index (χ4n) is 1.06. The Balaban J connectivity index is 0.000000360. The van der Waals surface area contributed by atoms with Crippen molar-refractivity contribution in [2.75, 3.05) is 0 Å². The molecule has 1 saturated carbocycles. The normalized spacial score (nSPS) is 20.6. The first kappa shape index (κ1) is 8.19. The van der Waals surface area contributed by atoms with Gasteiger partial charge >= 0.3 is 35.6 Å². The third-order valence-corrected chi connectivity index (χ3v) is 1.50. The standard InChI is InChI=1S/C6H12.La/c1-2-4-6-5-3-1;/h1-6H2;/q;+3. The van der Waals surface area contributed by atoms with Crippen molar-refractivity contribution in [1.29, 1.82) is 0 Å². The van der Waals surface area contributed by atoms with Crippen molar-refractivity contribution in [2.24, 2.45) is 0 Å². The summed E-state index contributed by atoms with van der Waals surface area (Å²) in [6.45, 7) is 0. The van der Waals surface area contributed by atoms with Crippen LogP contribution in [0.15, 0.2) is 0 Å². The van der Waals surface area contributed by atoms with E-state index >= 15 is 0 Å². The zero-order valence-electron chi connectivity index (χ0n) is 4.82. The molecule has 1 heteroatoms. The molecule has 0 N–H and O–H groups in total. The van der Waals surface area contributed by atoms with E-state index in [1.807, 2.05) is 0 Å². The fourth-order valence-corrected chi connectivity index (χ4v) is 1.06. The van der Waals surface area contributed by atoms with E-state index in [0.29, 0.717) is 0 Å². The minimum atomic E-state index is 0. The van der Waals surface area contributed by atoms with Crippen LogP contribution >= 0.6 is 0 Å². The largest absolute Gasteiger partial charge is 3.00 e. The SMILES string of the molecule is C1CCCCC1.[La+3]. The molecular formula is C6H12La+3. The van der Waals surface area contributed by atoms with Crippen molar-refractivity contribution in [3.8, 4) is 0 Å². The van der Waals surface area contributed by atoms with E-state index in [4.69, 9.17) is 0 Å². The Kier molecular flexibility index (Phi) is 6.24. The van der Waals surface area contributed by atoms with E-state index in [0.717, 1.165) is 0 Å². The Morgan fingerprint density at radius 2 is 0.571 bits per heavy atom. The summed E-state index contributed by atoms with van der Waals surface area (Å²) < 4.78 is 0. The second-order valence-electron chi connectivity index (χ2n) is 2.12. The van der Waals surface area contributed by atoms with Gasteiger partial charge < -0.3 is 0 Å². The van der Waals surface area contributed by atoms with Crippen molar-refractivity contribution in [3.63, 3.8) is 0 Å². The molecule has 0 radical (unpaired) electrons. The van der Waals surface area contributed by atoms with Crippen LogP contribution in [0.25, 0.3) is 0 Å². The third-order valence-electron chi connectivity index (χ3n) is 1.50. The molecule has 0 nitrogen and oxygen atoms in total. The topological polar surface area (TPSA) is 0 Å². The third kappa shape index (κ3) is 3.75. The molecule has 0 amide bonds. The van der Waals surface area contributed by atoms with E-state index in [1.165, 1.54) is 38.5 Å². The first-order valence-electron chi connectivity index (χ1n) is 3.00. The predicted molar refractivity (Wildman–Crippen MR) is 27.7 cm³/mol. The first-order valence-corrected chi connectivity index (χ1v) is 3.00. The Morgan fingerprint density at radius 1 is 0.429 bits per heavy atom. The fraction of sp³-hybridized carbons (Fsp3) is 1.00. The van der Waals surface area contributed by atoms with Gasteiger partial charge in [0.15, 0.2) is 0 Å². The van der Waals surface area contributed by atoms with E-state index < -0.39 is 0 Å². The zero-order valence-corrected chi connectivity index (χ0v) is 8.45. The van der Waals surface area contributed by atoms with Crippen LogP contribution in [0, 0.1) is 35.6 Å². The molecule has 1 fully saturated rings. The van der Waals surface area contributed by atoms with E-state index in [-0.39, 0.29) is 35.6 Å². The average Bonchev–Trinajstić information content (AvgIpc) is 1.72. The Bertz CT molecular complexity index is 19.7. The second kappa shape index (κ2) is 5.33.